The molecule has 0 bridgehead atoms. The van der Waals surface area contributed by atoms with Gasteiger partial charge in [-0.2, -0.15) is 0 Å². The van der Waals surface area contributed by atoms with Crippen LogP contribution in [0, 0.1) is 5.82 Å². The Balaban J connectivity index is 1.69. The molecule has 0 aliphatic rings. The Morgan fingerprint density at radius 3 is 2.63 bits per heavy atom. The van der Waals surface area contributed by atoms with Crippen LogP contribution in [0.15, 0.2) is 53.4 Å². The van der Waals surface area contributed by atoms with Crippen LogP contribution < -0.4 is 5.32 Å². The molecule has 1 N–H and O–H groups in total. The number of benzene rings is 2. The van der Waals surface area contributed by atoms with Crippen molar-refractivity contribution in [1.82, 2.24) is 5.32 Å². The van der Waals surface area contributed by atoms with Gasteiger partial charge in [-0.1, -0.05) is 35.9 Å². The van der Waals surface area contributed by atoms with E-state index in [1.54, 1.807) is 17.8 Å². The molecule has 0 saturated carbocycles. The van der Waals surface area contributed by atoms with Crippen LogP contribution in [0.5, 0.6) is 0 Å². The zero-order chi connectivity index (χ0) is 13.5. The molecule has 0 unspecified atom stereocenters. The molecule has 0 atom stereocenters. The van der Waals surface area contributed by atoms with Gasteiger partial charge in [0.25, 0.3) is 0 Å². The van der Waals surface area contributed by atoms with E-state index in [4.69, 9.17) is 11.6 Å². The van der Waals surface area contributed by atoms with Crippen molar-refractivity contribution in [2.45, 2.75) is 11.4 Å². The molecular weight excluding hydrogens is 281 g/mol. The van der Waals surface area contributed by atoms with Gasteiger partial charge in [-0.25, -0.2) is 4.39 Å². The summed E-state index contributed by atoms with van der Waals surface area (Å²) in [7, 11) is 0. The molecule has 2 aromatic carbocycles. The van der Waals surface area contributed by atoms with E-state index in [-0.39, 0.29) is 5.82 Å². The van der Waals surface area contributed by atoms with Gasteiger partial charge in [0.15, 0.2) is 0 Å². The lowest BCUT2D eigenvalue weighted by atomic mass is 10.2. The van der Waals surface area contributed by atoms with Crippen molar-refractivity contribution in [3.05, 3.63) is 64.9 Å². The topological polar surface area (TPSA) is 12.0 Å². The molecule has 2 aromatic rings. The van der Waals surface area contributed by atoms with Crippen molar-refractivity contribution < 1.29 is 4.39 Å². The third-order valence-corrected chi connectivity index (χ3v) is 3.99. The maximum Gasteiger partial charge on any atom is 0.124 e. The lowest BCUT2D eigenvalue weighted by molar-refractivity contribution is 0.626. The lowest BCUT2D eigenvalue weighted by Crippen LogP contribution is -2.16. The molecule has 0 fully saturated rings. The highest BCUT2D eigenvalue weighted by Crippen LogP contribution is 2.18. The van der Waals surface area contributed by atoms with Crippen LogP contribution in [0.4, 0.5) is 4.39 Å². The van der Waals surface area contributed by atoms with Gasteiger partial charge in [-0.3, -0.25) is 0 Å². The average molecular weight is 296 g/mol. The summed E-state index contributed by atoms with van der Waals surface area (Å²) in [5, 5.41) is 3.78. The zero-order valence-corrected chi connectivity index (χ0v) is 12.0. The smallest absolute Gasteiger partial charge is 0.124 e. The maximum absolute atomic E-state index is 12.9. The molecular formula is C15H15ClFNS. The highest BCUT2D eigenvalue weighted by atomic mass is 35.5. The van der Waals surface area contributed by atoms with E-state index >= 15 is 0 Å². The van der Waals surface area contributed by atoms with Crippen molar-refractivity contribution in [1.29, 1.82) is 0 Å². The van der Waals surface area contributed by atoms with Crippen molar-refractivity contribution in [2.75, 3.05) is 12.3 Å². The molecule has 2 rings (SSSR count). The molecule has 0 aliphatic carbocycles. The summed E-state index contributed by atoms with van der Waals surface area (Å²) >= 11 is 7.76. The number of hydrogen-bond acceptors (Lipinski definition) is 2. The third kappa shape index (κ3) is 4.86. The van der Waals surface area contributed by atoms with Gasteiger partial charge >= 0.3 is 0 Å². The summed E-state index contributed by atoms with van der Waals surface area (Å²) in [6.45, 7) is 1.54. The van der Waals surface area contributed by atoms with Gasteiger partial charge in [-0.15, -0.1) is 11.8 Å². The van der Waals surface area contributed by atoms with E-state index < -0.39 is 0 Å². The fraction of sp³-hybridized carbons (Fsp3) is 0.200. The van der Waals surface area contributed by atoms with Crippen molar-refractivity contribution >= 4 is 23.4 Å². The Bertz CT molecular complexity index is 519. The van der Waals surface area contributed by atoms with E-state index in [9.17, 15) is 4.39 Å². The quantitative estimate of drug-likeness (QED) is 0.628. The van der Waals surface area contributed by atoms with Crippen molar-refractivity contribution in [2.24, 2.45) is 0 Å². The average Bonchev–Trinajstić information content (AvgIpc) is 2.42. The number of hydrogen-bond donors (Lipinski definition) is 1. The molecule has 0 aromatic heterocycles. The standard InChI is InChI=1S/C15H15ClFNS/c16-15-10-13(17)7-6-12(15)11-18-8-9-19-14-4-2-1-3-5-14/h1-7,10,18H,8-9,11H2. The van der Waals surface area contributed by atoms with Crippen LogP contribution in [0.1, 0.15) is 5.56 Å². The molecule has 0 saturated heterocycles. The summed E-state index contributed by atoms with van der Waals surface area (Å²) in [6, 6.07) is 14.8. The first-order valence-corrected chi connectivity index (χ1v) is 7.44. The molecule has 0 amide bonds. The first-order chi connectivity index (χ1) is 9.25. The molecule has 0 aliphatic heterocycles. The van der Waals surface area contributed by atoms with Gasteiger partial charge in [-0.05, 0) is 29.8 Å². The summed E-state index contributed by atoms with van der Waals surface area (Å²) in [4.78, 5) is 1.27. The normalized spacial score (nSPS) is 10.6. The molecule has 19 heavy (non-hydrogen) atoms. The molecule has 0 radical (unpaired) electrons. The highest BCUT2D eigenvalue weighted by molar-refractivity contribution is 7.99. The van der Waals surface area contributed by atoms with Crippen LogP contribution in [0.3, 0.4) is 0 Å². The van der Waals surface area contributed by atoms with Crippen LogP contribution in [0.25, 0.3) is 0 Å². The largest absolute Gasteiger partial charge is 0.312 e. The van der Waals surface area contributed by atoms with Crippen LogP contribution >= 0.6 is 23.4 Å². The predicted octanol–water partition coefficient (Wildman–Crippen LogP) is 4.36. The van der Waals surface area contributed by atoms with Gasteiger partial charge < -0.3 is 5.32 Å². The number of thioether (sulfide) groups is 1. The minimum atomic E-state index is -0.298. The molecule has 0 heterocycles. The number of halogens is 2. The van der Waals surface area contributed by atoms with E-state index in [1.807, 2.05) is 18.2 Å². The van der Waals surface area contributed by atoms with Gasteiger partial charge in [0.1, 0.15) is 5.82 Å². The van der Waals surface area contributed by atoms with Crippen LogP contribution in [-0.4, -0.2) is 12.3 Å². The van der Waals surface area contributed by atoms with Crippen LogP contribution in [0.2, 0.25) is 5.02 Å². The molecule has 0 spiro atoms. The minimum absolute atomic E-state index is 0.298. The Kier molecular flexibility index (Phi) is 5.70. The SMILES string of the molecule is Fc1ccc(CNCCSc2ccccc2)c(Cl)c1. The fourth-order valence-electron chi connectivity index (χ4n) is 1.65. The second kappa shape index (κ2) is 7.53. The summed E-state index contributed by atoms with van der Waals surface area (Å²) in [5.74, 6) is 0.691. The minimum Gasteiger partial charge on any atom is -0.312 e. The number of nitrogens with one attached hydrogen (secondary N) is 1. The Labute approximate surface area is 122 Å². The Morgan fingerprint density at radius 2 is 1.89 bits per heavy atom. The Hall–Kier alpha value is -1.03. The second-order valence-corrected chi connectivity index (χ2v) is 5.65. The summed E-state index contributed by atoms with van der Waals surface area (Å²) in [5.41, 5.74) is 0.924. The van der Waals surface area contributed by atoms with Gasteiger partial charge in [0.05, 0.1) is 0 Å². The zero-order valence-electron chi connectivity index (χ0n) is 10.4. The first kappa shape index (κ1) is 14.4. The van der Waals surface area contributed by atoms with Crippen molar-refractivity contribution in [3.8, 4) is 0 Å². The third-order valence-electron chi connectivity index (χ3n) is 2.62. The van der Waals surface area contributed by atoms with Crippen LogP contribution in [-0.2, 0) is 6.54 Å². The summed E-state index contributed by atoms with van der Waals surface area (Å²) in [6.07, 6.45) is 0. The number of rotatable bonds is 6. The lowest BCUT2D eigenvalue weighted by Gasteiger charge is -2.07. The molecule has 100 valence electrons. The van der Waals surface area contributed by atoms with E-state index in [1.165, 1.54) is 17.0 Å². The first-order valence-electron chi connectivity index (χ1n) is 6.08. The second-order valence-electron chi connectivity index (χ2n) is 4.07. The van der Waals surface area contributed by atoms with Gasteiger partial charge in [0, 0.05) is 28.8 Å². The van der Waals surface area contributed by atoms with E-state index in [2.05, 4.69) is 17.4 Å². The highest BCUT2D eigenvalue weighted by Gasteiger charge is 2.01. The fourth-order valence-corrected chi connectivity index (χ4v) is 2.71. The van der Waals surface area contributed by atoms with Gasteiger partial charge in [0.2, 0.25) is 0 Å². The van der Waals surface area contributed by atoms with E-state index in [0.29, 0.717) is 11.6 Å². The van der Waals surface area contributed by atoms with E-state index in [0.717, 1.165) is 17.9 Å². The monoisotopic (exact) mass is 295 g/mol. The van der Waals surface area contributed by atoms with Crippen molar-refractivity contribution in [3.63, 3.8) is 0 Å². The Morgan fingerprint density at radius 1 is 1.11 bits per heavy atom. The molecule has 1 nitrogen and oxygen atoms in total. The maximum atomic E-state index is 12.9. The summed E-state index contributed by atoms with van der Waals surface area (Å²) < 4.78 is 12.9. The predicted molar refractivity (Wildman–Crippen MR) is 80.3 cm³/mol. The molecule has 4 heteroatoms.